The summed E-state index contributed by atoms with van der Waals surface area (Å²) < 4.78 is 21.9. The minimum Gasteiger partial charge on any atom is -0.493 e. The number of nitrogens with one attached hydrogen (secondary N) is 2. The first-order valence-electron chi connectivity index (χ1n) is 10.3. The maximum Gasteiger partial charge on any atom is 0.161 e. The maximum absolute atomic E-state index is 5.72. The molecule has 3 rings (SSSR count). The molecular formula is C23H34N2O4+2. The second kappa shape index (κ2) is 10.4. The van der Waals surface area contributed by atoms with E-state index in [1.807, 2.05) is 19.1 Å². The van der Waals surface area contributed by atoms with Gasteiger partial charge in [-0.3, -0.25) is 0 Å². The van der Waals surface area contributed by atoms with Gasteiger partial charge in [0, 0.05) is 11.1 Å². The van der Waals surface area contributed by atoms with E-state index in [4.69, 9.17) is 18.9 Å². The lowest BCUT2D eigenvalue weighted by Crippen LogP contribution is -3.27. The molecule has 0 amide bonds. The molecule has 0 unspecified atom stereocenters. The number of hydrogen-bond acceptors (Lipinski definition) is 4. The van der Waals surface area contributed by atoms with Gasteiger partial charge in [-0.25, -0.2) is 0 Å². The van der Waals surface area contributed by atoms with Gasteiger partial charge in [0.05, 0.1) is 27.9 Å². The maximum atomic E-state index is 5.72. The summed E-state index contributed by atoms with van der Waals surface area (Å²) in [7, 11) is 5.04. The molecule has 6 heteroatoms. The van der Waals surface area contributed by atoms with Gasteiger partial charge in [0.25, 0.3) is 0 Å². The van der Waals surface area contributed by atoms with Crippen LogP contribution in [0.5, 0.6) is 23.0 Å². The van der Waals surface area contributed by atoms with Crippen LogP contribution in [0.2, 0.25) is 0 Å². The molecule has 2 N–H and O–H groups in total. The van der Waals surface area contributed by atoms with E-state index in [-0.39, 0.29) is 0 Å². The van der Waals surface area contributed by atoms with Gasteiger partial charge in [-0.15, -0.1) is 0 Å². The molecular weight excluding hydrogens is 368 g/mol. The fourth-order valence-electron chi connectivity index (χ4n) is 3.98. The molecule has 0 saturated carbocycles. The van der Waals surface area contributed by atoms with Crippen molar-refractivity contribution in [2.24, 2.45) is 0 Å². The van der Waals surface area contributed by atoms with Crippen LogP contribution in [0.25, 0.3) is 0 Å². The number of benzene rings is 2. The highest BCUT2D eigenvalue weighted by Gasteiger charge is 2.24. The highest BCUT2D eigenvalue weighted by molar-refractivity contribution is 5.43. The molecule has 158 valence electrons. The summed E-state index contributed by atoms with van der Waals surface area (Å²) in [5.74, 6) is 3.23. The van der Waals surface area contributed by atoms with Gasteiger partial charge in [-0.05, 0) is 43.3 Å². The molecule has 29 heavy (non-hydrogen) atoms. The number of rotatable bonds is 9. The third-order valence-corrected chi connectivity index (χ3v) is 5.55. The Labute approximate surface area is 173 Å². The van der Waals surface area contributed by atoms with E-state index in [0.29, 0.717) is 6.61 Å². The van der Waals surface area contributed by atoms with Crippen molar-refractivity contribution >= 4 is 0 Å². The second-order valence-corrected chi connectivity index (χ2v) is 7.46. The fraction of sp³-hybridized carbons (Fsp3) is 0.478. The van der Waals surface area contributed by atoms with Crippen LogP contribution in [-0.2, 0) is 13.1 Å². The summed E-state index contributed by atoms with van der Waals surface area (Å²) in [4.78, 5) is 3.24. The summed E-state index contributed by atoms with van der Waals surface area (Å²) >= 11 is 0. The van der Waals surface area contributed by atoms with Crippen LogP contribution < -0.4 is 28.7 Å². The molecule has 1 aliphatic heterocycles. The smallest absolute Gasteiger partial charge is 0.161 e. The normalized spacial score (nSPS) is 18.9. The molecule has 0 radical (unpaired) electrons. The largest absolute Gasteiger partial charge is 0.493 e. The number of ether oxygens (including phenoxy) is 4. The number of methoxy groups -OCH3 is 3. The van der Waals surface area contributed by atoms with Crippen LogP contribution >= 0.6 is 0 Å². The molecule has 2 aromatic rings. The lowest BCUT2D eigenvalue weighted by molar-refractivity contribution is -1.02. The van der Waals surface area contributed by atoms with Gasteiger partial charge in [0.15, 0.2) is 23.0 Å². The number of quaternary nitrogens is 2. The van der Waals surface area contributed by atoms with Crippen LogP contribution in [0.1, 0.15) is 18.1 Å². The molecule has 1 heterocycles. The predicted octanol–water partition coefficient (Wildman–Crippen LogP) is 0.595. The number of piperazine rings is 1. The molecule has 1 fully saturated rings. The first-order chi connectivity index (χ1) is 14.2. The van der Waals surface area contributed by atoms with E-state index < -0.39 is 0 Å². The lowest BCUT2D eigenvalue weighted by Gasteiger charge is -2.30. The van der Waals surface area contributed by atoms with E-state index in [9.17, 15) is 0 Å². The second-order valence-electron chi connectivity index (χ2n) is 7.46. The Balaban J connectivity index is 1.54. The van der Waals surface area contributed by atoms with Crippen LogP contribution in [-0.4, -0.2) is 54.1 Å². The van der Waals surface area contributed by atoms with Gasteiger partial charge in [-0.1, -0.05) is 0 Å². The highest BCUT2D eigenvalue weighted by atomic mass is 16.5. The van der Waals surface area contributed by atoms with Gasteiger partial charge in [-0.2, -0.15) is 0 Å². The monoisotopic (exact) mass is 402 g/mol. The van der Waals surface area contributed by atoms with E-state index in [1.165, 1.54) is 24.2 Å². The lowest BCUT2D eigenvalue weighted by atomic mass is 10.1. The molecule has 0 spiro atoms. The van der Waals surface area contributed by atoms with E-state index in [2.05, 4.69) is 24.3 Å². The van der Waals surface area contributed by atoms with Gasteiger partial charge < -0.3 is 28.7 Å². The third-order valence-electron chi connectivity index (χ3n) is 5.55. The van der Waals surface area contributed by atoms with Crippen molar-refractivity contribution in [3.05, 3.63) is 47.5 Å². The molecule has 0 aliphatic carbocycles. The van der Waals surface area contributed by atoms with Crippen molar-refractivity contribution < 1.29 is 28.7 Å². The summed E-state index contributed by atoms with van der Waals surface area (Å²) in [6.45, 7) is 9.34. The summed E-state index contributed by atoms with van der Waals surface area (Å²) in [5.41, 5.74) is 2.59. The minimum atomic E-state index is 0.644. The molecule has 0 atom stereocenters. The Morgan fingerprint density at radius 2 is 1.10 bits per heavy atom. The van der Waals surface area contributed by atoms with Crippen LogP contribution in [0.4, 0.5) is 0 Å². The SMILES string of the molecule is CCOc1cc(C[NH+]2CC[NH+](Cc3ccc(OC)c(OC)c3)CC2)ccc1OC. The molecule has 2 aromatic carbocycles. The minimum absolute atomic E-state index is 0.644. The molecule has 0 aromatic heterocycles. The standard InChI is InChI=1S/C23H32N2O4/c1-5-29-23-15-19(7-9-21(23)27-3)17-25-12-10-24(11-13-25)16-18-6-8-20(26-2)22(14-18)28-4/h6-9,14-15H,5,10-13,16-17H2,1-4H3/p+2. The summed E-state index contributed by atoms with van der Waals surface area (Å²) in [6, 6.07) is 12.5. The Kier molecular flexibility index (Phi) is 7.61. The first kappa shape index (κ1) is 21.3. The van der Waals surface area contributed by atoms with E-state index >= 15 is 0 Å². The van der Waals surface area contributed by atoms with Crippen LogP contribution in [0, 0.1) is 0 Å². The zero-order chi connectivity index (χ0) is 20.6. The van der Waals surface area contributed by atoms with Crippen LogP contribution in [0.15, 0.2) is 36.4 Å². The van der Waals surface area contributed by atoms with Crippen molar-refractivity contribution in [2.45, 2.75) is 20.0 Å². The molecule has 0 bridgehead atoms. The van der Waals surface area contributed by atoms with Crippen molar-refractivity contribution in [1.82, 2.24) is 0 Å². The number of hydrogen-bond donors (Lipinski definition) is 2. The van der Waals surface area contributed by atoms with Crippen molar-refractivity contribution in [3.63, 3.8) is 0 Å². The Morgan fingerprint density at radius 1 is 0.655 bits per heavy atom. The van der Waals surface area contributed by atoms with Crippen molar-refractivity contribution in [2.75, 3.05) is 54.1 Å². The van der Waals surface area contributed by atoms with Crippen molar-refractivity contribution in [1.29, 1.82) is 0 Å². The summed E-state index contributed by atoms with van der Waals surface area (Å²) in [6.07, 6.45) is 0. The van der Waals surface area contributed by atoms with Gasteiger partial charge in [0.2, 0.25) is 0 Å². The van der Waals surface area contributed by atoms with Gasteiger partial charge in [0.1, 0.15) is 39.3 Å². The topological polar surface area (TPSA) is 45.8 Å². The molecule has 1 aliphatic rings. The van der Waals surface area contributed by atoms with E-state index in [1.54, 1.807) is 31.1 Å². The van der Waals surface area contributed by atoms with Crippen LogP contribution in [0.3, 0.4) is 0 Å². The quantitative estimate of drug-likeness (QED) is 0.645. The van der Waals surface area contributed by atoms with E-state index in [0.717, 1.165) is 49.2 Å². The zero-order valence-electron chi connectivity index (χ0n) is 18.0. The zero-order valence-corrected chi connectivity index (χ0v) is 18.0. The predicted molar refractivity (Wildman–Crippen MR) is 113 cm³/mol. The molecule has 1 saturated heterocycles. The van der Waals surface area contributed by atoms with Gasteiger partial charge >= 0.3 is 0 Å². The highest BCUT2D eigenvalue weighted by Crippen LogP contribution is 2.28. The Morgan fingerprint density at radius 3 is 1.55 bits per heavy atom. The molecule has 6 nitrogen and oxygen atoms in total. The summed E-state index contributed by atoms with van der Waals surface area (Å²) in [5, 5.41) is 0. The first-order valence-corrected chi connectivity index (χ1v) is 10.3. The average Bonchev–Trinajstić information content (AvgIpc) is 2.75. The third kappa shape index (κ3) is 5.55. The Hall–Kier alpha value is -2.44. The van der Waals surface area contributed by atoms with Crippen molar-refractivity contribution in [3.8, 4) is 23.0 Å². The Bertz CT molecular complexity index is 788. The average molecular weight is 403 g/mol. The fourth-order valence-corrected chi connectivity index (χ4v) is 3.98.